The van der Waals surface area contributed by atoms with E-state index in [0.717, 1.165) is 28.8 Å². The molecule has 1 heterocycles. The standard InChI is InChI=1S/C19H19ClN2O2/c1-12-16(17-11-15(24-2)7-8-18(17)22-12)9-10-21-19(23)13-3-5-14(20)6-4-13/h3-8,11,22H,9-10H2,1-2H3,(H,21,23). The fourth-order valence-electron chi connectivity index (χ4n) is 2.81. The summed E-state index contributed by atoms with van der Waals surface area (Å²) in [5.74, 6) is 0.731. The molecule has 3 rings (SSSR count). The second-order valence-corrected chi connectivity index (χ2v) is 6.09. The number of hydrogen-bond donors (Lipinski definition) is 2. The number of rotatable bonds is 5. The van der Waals surface area contributed by atoms with Gasteiger partial charge in [0.15, 0.2) is 0 Å². The number of aryl methyl sites for hydroxylation is 1. The molecule has 0 radical (unpaired) electrons. The minimum Gasteiger partial charge on any atom is -0.497 e. The number of fused-ring (bicyclic) bond motifs is 1. The van der Waals surface area contributed by atoms with Crippen LogP contribution >= 0.6 is 11.6 Å². The van der Waals surface area contributed by atoms with E-state index in [1.165, 1.54) is 5.56 Å². The van der Waals surface area contributed by atoms with Gasteiger partial charge in [0.2, 0.25) is 0 Å². The van der Waals surface area contributed by atoms with E-state index in [2.05, 4.69) is 10.3 Å². The van der Waals surface area contributed by atoms with Gasteiger partial charge in [-0.15, -0.1) is 0 Å². The van der Waals surface area contributed by atoms with Crippen LogP contribution in [0.3, 0.4) is 0 Å². The first-order valence-electron chi connectivity index (χ1n) is 7.77. The van der Waals surface area contributed by atoms with E-state index in [9.17, 15) is 4.79 Å². The number of aromatic amines is 1. The summed E-state index contributed by atoms with van der Waals surface area (Å²) < 4.78 is 5.30. The predicted molar refractivity (Wildman–Crippen MR) is 97.1 cm³/mol. The number of ether oxygens (including phenoxy) is 1. The van der Waals surface area contributed by atoms with E-state index in [1.54, 1.807) is 31.4 Å². The molecule has 2 aromatic carbocycles. The topological polar surface area (TPSA) is 54.1 Å². The van der Waals surface area contributed by atoms with Crippen LogP contribution in [0.15, 0.2) is 42.5 Å². The zero-order valence-corrected chi connectivity index (χ0v) is 14.4. The Morgan fingerprint density at radius 2 is 1.96 bits per heavy atom. The van der Waals surface area contributed by atoms with Gasteiger partial charge >= 0.3 is 0 Å². The summed E-state index contributed by atoms with van der Waals surface area (Å²) in [6.07, 6.45) is 0.748. The van der Waals surface area contributed by atoms with E-state index in [-0.39, 0.29) is 5.91 Å². The van der Waals surface area contributed by atoms with Gasteiger partial charge in [0, 0.05) is 33.7 Å². The van der Waals surface area contributed by atoms with Crippen LogP contribution < -0.4 is 10.1 Å². The Hall–Kier alpha value is -2.46. The highest BCUT2D eigenvalue weighted by Gasteiger charge is 2.10. The molecule has 0 aliphatic carbocycles. The number of aromatic nitrogens is 1. The summed E-state index contributed by atoms with van der Waals surface area (Å²) in [5.41, 5.74) is 3.99. The van der Waals surface area contributed by atoms with Crippen LogP contribution in [0.2, 0.25) is 5.02 Å². The van der Waals surface area contributed by atoms with Crippen molar-refractivity contribution in [2.45, 2.75) is 13.3 Å². The summed E-state index contributed by atoms with van der Waals surface area (Å²) in [6.45, 7) is 2.61. The number of benzene rings is 2. The Labute approximate surface area is 145 Å². The van der Waals surface area contributed by atoms with Crippen molar-refractivity contribution in [3.8, 4) is 5.75 Å². The third-order valence-corrected chi connectivity index (χ3v) is 4.35. The number of H-pyrrole nitrogens is 1. The molecule has 5 heteroatoms. The maximum Gasteiger partial charge on any atom is 0.251 e. The summed E-state index contributed by atoms with van der Waals surface area (Å²) in [6, 6.07) is 12.8. The molecule has 2 N–H and O–H groups in total. The molecule has 1 amide bonds. The van der Waals surface area contributed by atoms with E-state index >= 15 is 0 Å². The Morgan fingerprint density at radius 3 is 2.67 bits per heavy atom. The normalized spacial score (nSPS) is 10.8. The molecule has 0 unspecified atom stereocenters. The Bertz CT molecular complexity index is 869. The molecule has 24 heavy (non-hydrogen) atoms. The van der Waals surface area contributed by atoms with E-state index in [4.69, 9.17) is 16.3 Å². The van der Waals surface area contributed by atoms with Crippen molar-refractivity contribution in [2.75, 3.05) is 13.7 Å². The molecular weight excluding hydrogens is 324 g/mol. The molecule has 0 atom stereocenters. The molecule has 0 fully saturated rings. The monoisotopic (exact) mass is 342 g/mol. The number of carbonyl (C=O) groups is 1. The second-order valence-electron chi connectivity index (χ2n) is 5.65. The van der Waals surface area contributed by atoms with Crippen molar-refractivity contribution in [1.82, 2.24) is 10.3 Å². The van der Waals surface area contributed by atoms with Crippen LogP contribution in [0, 0.1) is 6.92 Å². The van der Waals surface area contributed by atoms with Crippen molar-refractivity contribution in [2.24, 2.45) is 0 Å². The fourth-order valence-corrected chi connectivity index (χ4v) is 2.94. The molecule has 4 nitrogen and oxygen atoms in total. The molecule has 3 aromatic rings. The highest BCUT2D eigenvalue weighted by atomic mass is 35.5. The lowest BCUT2D eigenvalue weighted by atomic mass is 10.1. The Morgan fingerprint density at radius 1 is 1.21 bits per heavy atom. The zero-order valence-electron chi connectivity index (χ0n) is 13.7. The smallest absolute Gasteiger partial charge is 0.251 e. The number of hydrogen-bond acceptors (Lipinski definition) is 2. The lowest BCUT2D eigenvalue weighted by molar-refractivity contribution is 0.0954. The largest absolute Gasteiger partial charge is 0.497 e. The van der Waals surface area contributed by atoms with Gasteiger partial charge in [0.05, 0.1) is 7.11 Å². The minimum atomic E-state index is -0.0956. The molecule has 1 aromatic heterocycles. The first kappa shape index (κ1) is 16.4. The number of halogens is 1. The highest BCUT2D eigenvalue weighted by Crippen LogP contribution is 2.26. The first-order valence-corrected chi connectivity index (χ1v) is 8.15. The summed E-state index contributed by atoms with van der Waals surface area (Å²) in [4.78, 5) is 15.5. The maximum absolute atomic E-state index is 12.2. The zero-order chi connectivity index (χ0) is 17.1. The highest BCUT2D eigenvalue weighted by molar-refractivity contribution is 6.30. The lowest BCUT2D eigenvalue weighted by Crippen LogP contribution is -2.25. The predicted octanol–water partition coefficient (Wildman–Crippen LogP) is 4.11. The number of nitrogens with one attached hydrogen (secondary N) is 2. The number of amides is 1. The summed E-state index contributed by atoms with van der Waals surface area (Å²) in [7, 11) is 1.66. The van der Waals surface area contributed by atoms with Crippen molar-refractivity contribution in [3.05, 3.63) is 64.3 Å². The van der Waals surface area contributed by atoms with E-state index in [0.29, 0.717) is 17.1 Å². The van der Waals surface area contributed by atoms with Crippen LogP contribution in [0.25, 0.3) is 10.9 Å². The van der Waals surface area contributed by atoms with Crippen molar-refractivity contribution >= 4 is 28.4 Å². The van der Waals surface area contributed by atoms with Crippen LogP contribution in [0.1, 0.15) is 21.6 Å². The lowest BCUT2D eigenvalue weighted by Gasteiger charge is -2.06. The first-order chi connectivity index (χ1) is 11.6. The quantitative estimate of drug-likeness (QED) is 0.733. The second kappa shape index (κ2) is 6.97. The van der Waals surface area contributed by atoms with Gasteiger partial charge in [0.25, 0.3) is 5.91 Å². The Kier molecular flexibility index (Phi) is 4.76. The average Bonchev–Trinajstić information content (AvgIpc) is 2.90. The molecule has 0 aliphatic rings. The van der Waals surface area contributed by atoms with Crippen LogP contribution in [-0.2, 0) is 6.42 Å². The SMILES string of the molecule is COc1ccc2[nH]c(C)c(CCNC(=O)c3ccc(Cl)cc3)c2c1. The third kappa shape index (κ3) is 3.39. The molecule has 0 spiro atoms. The van der Waals surface area contributed by atoms with E-state index < -0.39 is 0 Å². The molecule has 0 aliphatic heterocycles. The molecular formula is C19H19ClN2O2. The van der Waals surface area contributed by atoms with Crippen molar-refractivity contribution in [3.63, 3.8) is 0 Å². The Balaban J connectivity index is 1.70. The van der Waals surface area contributed by atoms with Gasteiger partial charge in [-0.05, 0) is 61.4 Å². The van der Waals surface area contributed by atoms with Crippen LogP contribution in [0.5, 0.6) is 5.75 Å². The maximum atomic E-state index is 12.2. The van der Waals surface area contributed by atoms with Crippen LogP contribution in [-0.4, -0.2) is 24.5 Å². The summed E-state index contributed by atoms with van der Waals surface area (Å²) in [5, 5.41) is 4.70. The van der Waals surface area contributed by atoms with Gasteiger partial charge in [-0.25, -0.2) is 0 Å². The molecule has 0 saturated heterocycles. The average molecular weight is 343 g/mol. The molecule has 0 saturated carbocycles. The van der Waals surface area contributed by atoms with E-state index in [1.807, 2.05) is 25.1 Å². The third-order valence-electron chi connectivity index (χ3n) is 4.09. The van der Waals surface area contributed by atoms with Crippen molar-refractivity contribution < 1.29 is 9.53 Å². The van der Waals surface area contributed by atoms with Crippen LogP contribution in [0.4, 0.5) is 0 Å². The fraction of sp³-hybridized carbons (Fsp3) is 0.211. The van der Waals surface area contributed by atoms with Gasteiger partial charge in [-0.1, -0.05) is 11.6 Å². The molecule has 124 valence electrons. The van der Waals surface area contributed by atoms with Gasteiger partial charge in [-0.3, -0.25) is 4.79 Å². The van der Waals surface area contributed by atoms with Crippen molar-refractivity contribution in [1.29, 1.82) is 0 Å². The van der Waals surface area contributed by atoms with Gasteiger partial charge in [0.1, 0.15) is 5.75 Å². The van der Waals surface area contributed by atoms with Gasteiger partial charge in [-0.2, -0.15) is 0 Å². The minimum absolute atomic E-state index is 0.0956. The summed E-state index contributed by atoms with van der Waals surface area (Å²) >= 11 is 5.84. The molecule has 0 bridgehead atoms. The number of carbonyl (C=O) groups excluding carboxylic acids is 1. The number of methoxy groups -OCH3 is 1. The van der Waals surface area contributed by atoms with Gasteiger partial charge < -0.3 is 15.0 Å².